The molecular formula is C22H24N4OS. The molecule has 2 aromatic carbocycles. The van der Waals surface area contributed by atoms with Crippen LogP contribution in [0.1, 0.15) is 25.0 Å². The Morgan fingerprint density at radius 2 is 1.93 bits per heavy atom. The standard InChI is InChI=1S/C22H24N4OS/c1-16(2)27-19-8-7-17(14-23)18(13-19)15-25-9-11-26(12-10-25)22-24-20-5-3-4-6-21(20)28-22/h3-8,13,16H,9-12,15H2,1-2H3. The first-order valence-corrected chi connectivity index (χ1v) is 10.5. The highest BCUT2D eigenvalue weighted by Gasteiger charge is 2.21. The van der Waals surface area contributed by atoms with Crippen molar-refractivity contribution in [1.82, 2.24) is 9.88 Å². The predicted octanol–water partition coefficient (Wildman–Crippen LogP) is 4.28. The number of rotatable bonds is 5. The van der Waals surface area contributed by atoms with Gasteiger partial charge in [0, 0.05) is 32.7 Å². The number of benzene rings is 2. The molecule has 0 spiro atoms. The van der Waals surface area contributed by atoms with Gasteiger partial charge in [-0.3, -0.25) is 4.90 Å². The summed E-state index contributed by atoms with van der Waals surface area (Å²) in [7, 11) is 0. The number of anilines is 1. The number of fused-ring (bicyclic) bond motifs is 1. The highest BCUT2D eigenvalue weighted by Crippen LogP contribution is 2.29. The van der Waals surface area contributed by atoms with Gasteiger partial charge in [-0.2, -0.15) is 5.26 Å². The number of ether oxygens (including phenoxy) is 1. The lowest BCUT2D eigenvalue weighted by Gasteiger charge is -2.34. The molecule has 0 aliphatic carbocycles. The molecule has 5 nitrogen and oxygen atoms in total. The zero-order chi connectivity index (χ0) is 19.5. The zero-order valence-electron chi connectivity index (χ0n) is 16.3. The van der Waals surface area contributed by atoms with Gasteiger partial charge in [0.2, 0.25) is 0 Å². The van der Waals surface area contributed by atoms with Crippen molar-refractivity contribution >= 4 is 26.7 Å². The Hall–Kier alpha value is -2.62. The molecule has 0 radical (unpaired) electrons. The van der Waals surface area contributed by atoms with Crippen LogP contribution in [0.25, 0.3) is 10.2 Å². The van der Waals surface area contributed by atoms with E-state index in [0.717, 1.165) is 60.2 Å². The molecular weight excluding hydrogens is 368 g/mol. The summed E-state index contributed by atoms with van der Waals surface area (Å²) in [6, 6.07) is 16.4. The van der Waals surface area contributed by atoms with Crippen molar-refractivity contribution in [3.05, 3.63) is 53.6 Å². The minimum absolute atomic E-state index is 0.123. The predicted molar refractivity (Wildman–Crippen MR) is 114 cm³/mol. The van der Waals surface area contributed by atoms with Gasteiger partial charge >= 0.3 is 0 Å². The van der Waals surface area contributed by atoms with E-state index in [4.69, 9.17) is 9.72 Å². The maximum absolute atomic E-state index is 9.46. The second-order valence-electron chi connectivity index (χ2n) is 7.32. The lowest BCUT2D eigenvalue weighted by molar-refractivity contribution is 0.238. The fraction of sp³-hybridized carbons (Fsp3) is 0.364. The van der Waals surface area contributed by atoms with Gasteiger partial charge in [0.15, 0.2) is 5.13 Å². The maximum atomic E-state index is 9.46. The van der Waals surface area contributed by atoms with E-state index >= 15 is 0 Å². The third-order valence-electron chi connectivity index (χ3n) is 4.89. The summed E-state index contributed by atoms with van der Waals surface area (Å²) in [5.41, 5.74) is 2.84. The zero-order valence-corrected chi connectivity index (χ0v) is 17.1. The van der Waals surface area contributed by atoms with E-state index < -0.39 is 0 Å². The monoisotopic (exact) mass is 392 g/mol. The van der Waals surface area contributed by atoms with E-state index in [-0.39, 0.29) is 6.10 Å². The van der Waals surface area contributed by atoms with Crippen LogP contribution in [0.5, 0.6) is 5.75 Å². The number of piperazine rings is 1. The molecule has 144 valence electrons. The van der Waals surface area contributed by atoms with Gasteiger partial charge in [0.1, 0.15) is 5.75 Å². The number of nitriles is 1. The van der Waals surface area contributed by atoms with Gasteiger partial charge in [0.05, 0.1) is 28.0 Å². The number of aromatic nitrogens is 1. The van der Waals surface area contributed by atoms with Crippen molar-refractivity contribution in [3.8, 4) is 11.8 Å². The van der Waals surface area contributed by atoms with Crippen LogP contribution >= 0.6 is 11.3 Å². The lowest BCUT2D eigenvalue weighted by Crippen LogP contribution is -2.46. The number of para-hydroxylation sites is 1. The minimum atomic E-state index is 0.123. The van der Waals surface area contributed by atoms with Crippen LogP contribution in [0.2, 0.25) is 0 Å². The SMILES string of the molecule is CC(C)Oc1ccc(C#N)c(CN2CCN(c3nc4ccccc4s3)CC2)c1. The fourth-order valence-corrected chi connectivity index (χ4v) is 4.51. The van der Waals surface area contributed by atoms with Crippen molar-refractivity contribution in [2.45, 2.75) is 26.5 Å². The van der Waals surface area contributed by atoms with Gasteiger partial charge < -0.3 is 9.64 Å². The molecule has 1 aromatic heterocycles. The first-order chi connectivity index (χ1) is 13.6. The van der Waals surface area contributed by atoms with E-state index in [2.05, 4.69) is 34.1 Å². The van der Waals surface area contributed by atoms with Crippen molar-refractivity contribution in [2.24, 2.45) is 0 Å². The van der Waals surface area contributed by atoms with E-state index in [0.29, 0.717) is 0 Å². The molecule has 1 aliphatic heterocycles. The molecule has 1 fully saturated rings. The van der Waals surface area contributed by atoms with E-state index in [1.54, 1.807) is 11.3 Å². The van der Waals surface area contributed by atoms with E-state index in [1.165, 1.54) is 4.70 Å². The maximum Gasteiger partial charge on any atom is 0.186 e. The van der Waals surface area contributed by atoms with Gasteiger partial charge in [-0.05, 0) is 49.7 Å². The Morgan fingerprint density at radius 3 is 2.64 bits per heavy atom. The van der Waals surface area contributed by atoms with Crippen molar-refractivity contribution in [1.29, 1.82) is 5.26 Å². The van der Waals surface area contributed by atoms with Crippen LogP contribution < -0.4 is 9.64 Å². The molecule has 28 heavy (non-hydrogen) atoms. The lowest BCUT2D eigenvalue weighted by atomic mass is 10.1. The minimum Gasteiger partial charge on any atom is -0.491 e. The number of nitrogens with zero attached hydrogens (tertiary/aromatic N) is 4. The average Bonchev–Trinajstić information content (AvgIpc) is 3.12. The van der Waals surface area contributed by atoms with Crippen molar-refractivity contribution < 1.29 is 4.74 Å². The third-order valence-corrected chi connectivity index (χ3v) is 5.99. The Kier molecular flexibility index (Phi) is 5.47. The highest BCUT2D eigenvalue weighted by molar-refractivity contribution is 7.22. The van der Waals surface area contributed by atoms with Crippen LogP contribution in [0.3, 0.4) is 0 Å². The third kappa shape index (κ3) is 4.11. The Balaban J connectivity index is 1.42. The van der Waals surface area contributed by atoms with Crippen LogP contribution in [0.15, 0.2) is 42.5 Å². The molecule has 0 unspecified atom stereocenters. The molecule has 6 heteroatoms. The summed E-state index contributed by atoms with van der Waals surface area (Å²) in [5.74, 6) is 0.831. The van der Waals surface area contributed by atoms with Gasteiger partial charge in [-0.1, -0.05) is 23.5 Å². The summed E-state index contributed by atoms with van der Waals surface area (Å²) in [5, 5.41) is 10.6. The number of hydrogen-bond acceptors (Lipinski definition) is 6. The van der Waals surface area contributed by atoms with E-state index in [1.807, 2.05) is 38.1 Å². The molecule has 4 rings (SSSR count). The second-order valence-corrected chi connectivity index (χ2v) is 8.33. The number of hydrogen-bond donors (Lipinski definition) is 0. The molecule has 0 N–H and O–H groups in total. The smallest absolute Gasteiger partial charge is 0.186 e. The summed E-state index contributed by atoms with van der Waals surface area (Å²) in [6.45, 7) is 8.60. The molecule has 0 saturated carbocycles. The molecule has 1 saturated heterocycles. The van der Waals surface area contributed by atoms with Crippen LogP contribution in [-0.2, 0) is 6.54 Å². The van der Waals surface area contributed by atoms with Gasteiger partial charge in [-0.15, -0.1) is 0 Å². The molecule has 0 bridgehead atoms. The normalized spacial score (nSPS) is 15.1. The Bertz CT molecular complexity index is 966. The summed E-state index contributed by atoms with van der Waals surface area (Å²) < 4.78 is 7.04. The molecule has 0 atom stereocenters. The largest absolute Gasteiger partial charge is 0.491 e. The molecule has 2 heterocycles. The first-order valence-electron chi connectivity index (χ1n) is 9.65. The van der Waals surface area contributed by atoms with E-state index in [9.17, 15) is 5.26 Å². The average molecular weight is 393 g/mol. The van der Waals surface area contributed by atoms with Crippen molar-refractivity contribution in [3.63, 3.8) is 0 Å². The molecule has 0 amide bonds. The van der Waals surface area contributed by atoms with Crippen LogP contribution in [0, 0.1) is 11.3 Å². The van der Waals surface area contributed by atoms with Crippen LogP contribution in [-0.4, -0.2) is 42.2 Å². The van der Waals surface area contributed by atoms with Crippen LogP contribution in [0.4, 0.5) is 5.13 Å². The van der Waals surface area contributed by atoms with Crippen molar-refractivity contribution in [2.75, 3.05) is 31.1 Å². The summed E-state index contributed by atoms with van der Waals surface area (Å²) in [4.78, 5) is 9.55. The van der Waals surface area contributed by atoms with Gasteiger partial charge in [-0.25, -0.2) is 4.98 Å². The number of thiazole rings is 1. The quantitative estimate of drug-likeness (QED) is 0.649. The highest BCUT2D eigenvalue weighted by atomic mass is 32.1. The summed E-state index contributed by atoms with van der Waals surface area (Å²) in [6.07, 6.45) is 0.123. The topological polar surface area (TPSA) is 52.4 Å². The Labute approximate surface area is 169 Å². The molecule has 1 aliphatic rings. The summed E-state index contributed by atoms with van der Waals surface area (Å²) >= 11 is 1.76. The second kappa shape index (κ2) is 8.17. The fourth-order valence-electron chi connectivity index (χ4n) is 3.49. The Morgan fingerprint density at radius 1 is 1.14 bits per heavy atom. The van der Waals surface area contributed by atoms with Gasteiger partial charge in [0.25, 0.3) is 0 Å². The molecule has 3 aromatic rings. The first kappa shape index (κ1) is 18.7.